The van der Waals surface area contributed by atoms with Crippen LogP contribution in [-0.4, -0.2) is 28.6 Å². The van der Waals surface area contributed by atoms with Gasteiger partial charge in [-0.3, -0.25) is 0 Å². The predicted octanol–water partition coefficient (Wildman–Crippen LogP) is 16.1. The van der Waals surface area contributed by atoms with Gasteiger partial charge in [0.2, 0.25) is 0 Å². The first kappa shape index (κ1) is 49.4. The van der Waals surface area contributed by atoms with E-state index in [4.69, 9.17) is 25.0 Å². The molecule has 0 N–H and O–H groups in total. The van der Waals surface area contributed by atoms with E-state index < -0.39 is 37.3 Å². The van der Waals surface area contributed by atoms with Crippen molar-refractivity contribution in [1.29, 1.82) is 0 Å². The molecule has 6 aromatic carbocycles. The topological polar surface area (TPSA) is 3.24 Å². The van der Waals surface area contributed by atoms with E-state index in [1.807, 2.05) is 0 Å². The van der Waals surface area contributed by atoms with Gasteiger partial charge in [-0.1, -0.05) is 115 Å². The van der Waals surface area contributed by atoms with Crippen LogP contribution in [0.2, 0.25) is 39.3 Å². The molecule has 1 nitrogen and oxygen atoms in total. The van der Waals surface area contributed by atoms with Gasteiger partial charge in [-0.2, -0.15) is 12.1 Å². The van der Waals surface area contributed by atoms with Gasteiger partial charge in [0.05, 0.1) is 0 Å². The van der Waals surface area contributed by atoms with Crippen LogP contribution in [0.5, 0.6) is 0 Å². The summed E-state index contributed by atoms with van der Waals surface area (Å²) in [6.07, 6.45) is 2.31. The molecule has 6 rings (SSSR count). The van der Waals surface area contributed by atoms with Crippen LogP contribution in [0, 0.1) is 53.4 Å². The Kier molecular flexibility index (Phi) is 18.6. The molecule has 0 saturated heterocycles. The van der Waals surface area contributed by atoms with Crippen molar-refractivity contribution in [3.63, 3.8) is 0 Å². The van der Waals surface area contributed by atoms with Crippen molar-refractivity contribution >= 4 is 63.0 Å². The second kappa shape index (κ2) is 21.5. The van der Waals surface area contributed by atoms with Crippen LogP contribution < -0.4 is 0 Å². The molecule has 0 aromatic heterocycles. The van der Waals surface area contributed by atoms with E-state index in [2.05, 4.69) is 198 Å². The Bertz CT molecular complexity index is 2060. The molecule has 0 spiro atoms. The molecule has 0 aliphatic carbocycles. The minimum absolute atomic E-state index is 0.698. The average Bonchev–Trinajstić information content (AvgIpc) is 3.72. The van der Waals surface area contributed by atoms with E-state index in [1.165, 1.54) is 88.3 Å². The summed E-state index contributed by atoms with van der Waals surface area (Å²) in [6, 6.07) is 31.9. The summed E-state index contributed by atoms with van der Waals surface area (Å²) in [6.45, 7) is 36.2. The Hall–Kier alpha value is -1.98. The number of rotatable bonds is 8. The van der Waals surface area contributed by atoms with Gasteiger partial charge in [0, 0.05) is 0 Å². The van der Waals surface area contributed by atoms with Crippen LogP contribution >= 0.6 is 17.0 Å². The Morgan fingerprint density at radius 2 is 0.877 bits per heavy atom. The van der Waals surface area contributed by atoms with Gasteiger partial charge in [0.15, 0.2) is 7.98 Å². The fraction of sp³-hybridized carbons (Fsp3) is 0.400. The number of aryl methyl sites for hydroxylation is 2. The van der Waals surface area contributed by atoms with Crippen molar-refractivity contribution in [3.05, 3.63) is 129 Å². The number of fused-ring (bicyclic) bond motifs is 2. The molecule has 0 aliphatic rings. The fourth-order valence-corrected chi connectivity index (χ4v) is 15.8. The van der Waals surface area contributed by atoms with Crippen molar-refractivity contribution in [2.45, 2.75) is 121 Å². The van der Waals surface area contributed by atoms with E-state index in [-0.39, 0.29) is 0 Å². The summed E-state index contributed by atoms with van der Waals surface area (Å²) in [4.78, 5) is 0. The molecule has 6 aromatic rings. The van der Waals surface area contributed by atoms with E-state index in [0.29, 0.717) is 11.8 Å². The summed E-state index contributed by atoms with van der Waals surface area (Å²) >= 11 is -0.826. The van der Waals surface area contributed by atoms with Gasteiger partial charge in [0.1, 0.15) is 16.5 Å². The predicted molar refractivity (Wildman–Crippen MR) is 261 cm³/mol. The second-order valence-electron chi connectivity index (χ2n) is 18.7. The number of hydrogen-bond acceptors (Lipinski definition) is 1. The van der Waals surface area contributed by atoms with Gasteiger partial charge in [-0.15, -0.1) is 69.1 Å². The molecule has 57 heavy (non-hydrogen) atoms. The molecular weight excluding hydrogens is 844 g/mol. The number of nitrogens with zero attached hydrogens (tertiary/aromatic N) is 1. The van der Waals surface area contributed by atoms with Crippen LogP contribution in [0.4, 0.5) is 0 Å². The maximum atomic E-state index is 5.98. The molecule has 0 fully saturated rings. The zero-order valence-corrected chi connectivity index (χ0v) is 43.9. The van der Waals surface area contributed by atoms with E-state index in [1.54, 1.807) is 0 Å². The van der Waals surface area contributed by atoms with Crippen LogP contribution in [0.25, 0.3) is 43.8 Å². The van der Waals surface area contributed by atoms with Crippen molar-refractivity contribution in [2.24, 2.45) is 11.8 Å². The number of halogens is 2. The molecule has 0 atom stereocenters. The SMILES string of the molecule is Cc1ccc(-c2cccc3[cH-]c(CC(C)C)cc23)c(C)c1C.Cc1ccc(-c2cccc3[cH-]c(CC(C)C)cc23)c(C)c1C.[B]N([Si](C)(C)C)[Si](C)(C)C.[Cl][Zr+2][Cl]. The van der Waals surface area contributed by atoms with Crippen LogP contribution in [0.3, 0.4) is 0 Å². The average molecular weight is 912 g/mol. The van der Waals surface area contributed by atoms with Gasteiger partial charge < -0.3 is 4.14 Å². The molecule has 302 valence electrons. The Morgan fingerprint density at radius 3 is 1.16 bits per heavy atom. The molecule has 0 amide bonds. The molecular formula is C50H68BCl2NSi2Zr. The van der Waals surface area contributed by atoms with Crippen molar-refractivity contribution in [1.82, 2.24) is 4.14 Å². The van der Waals surface area contributed by atoms with Gasteiger partial charge in [0.25, 0.3) is 0 Å². The molecule has 0 heterocycles. The standard InChI is InChI=1S/2C22H25.C6H18BNSi2.2ClH.Zr/c2*1-14(2)11-18-12-19-7-6-8-21(22(19)13-18)20-10-9-15(3)16(4)17(20)5;1-9(2,3)8(7)10(4,5)6;;;/h2*6-10,12-14H,11H2,1-5H3;1-6H3;2*1H;/q2*-1;;;;+4/p-2. The Labute approximate surface area is 370 Å². The summed E-state index contributed by atoms with van der Waals surface area (Å²) in [5.41, 5.74) is 16.8. The second-order valence-corrected chi connectivity index (χ2v) is 32.5. The van der Waals surface area contributed by atoms with Gasteiger partial charge in [-0.05, 0) is 111 Å². The third-order valence-corrected chi connectivity index (χ3v) is 18.0. The fourth-order valence-electron chi connectivity index (χ4n) is 7.74. The first-order valence-corrected chi connectivity index (χ1v) is 33.8. The van der Waals surface area contributed by atoms with Crippen molar-refractivity contribution < 1.29 is 20.8 Å². The Morgan fingerprint density at radius 1 is 0.544 bits per heavy atom. The Balaban J connectivity index is 0.000000236. The van der Waals surface area contributed by atoms with Crippen LogP contribution in [0.15, 0.2) is 84.9 Å². The van der Waals surface area contributed by atoms with Gasteiger partial charge >= 0.3 is 37.9 Å². The molecule has 0 saturated carbocycles. The molecule has 2 radical (unpaired) electrons. The summed E-state index contributed by atoms with van der Waals surface area (Å²) < 4.78 is 2.15. The first-order chi connectivity index (χ1) is 26.5. The zero-order valence-electron chi connectivity index (χ0n) is 37.9. The third kappa shape index (κ3) is 13.5. The zero-order chi connectivity index (χ0) is 43.0. The number of benzene rings is 4. The number of hydrogen-bond donors (Lipinski definition) is 0. The summed E-state index contributed by atoms with van der Waals surface area (Å²) in [7, 11) is 13.4. The maximum absolute atomic E-state index is 5.98. The summed E-state index contributed by atoms with van der Waals surface area (Å²) in [5, 5.41) is 5.52. The minimum atomic E-state index is -1.22. The van der Waals surface area contributed by atoms with Crippen molar-refractivity contribution in [2.75, 3.05) is 0 Å². The molecule has 0 bridgehead atoms. The van der Waals surface area contributed by atoms with E-state index >= 15 is 0 Å². The normalized spacial score (nSPS) is 11.6. The molecule has 7 heteroatoms. The van der Waals surface area contributed by atoms with Gasteiger partial charge in [-0.25, -0.2) is 0 Å². The monoisotopic (exact) mass is 909 g/mol. The van der Waals surface area contributed by atoms with E-state index in [9.17, 15) is 0 Å². The van der Waals surface area contributed by atoms with E-state index in [0.717, 1.165) is 12.8 Å². The van der Waals surface area contributed by atoms with Crippen LogP contribution in [0.1, 0.15) is 72.2 Å². The van der Waals surface area contributed by atoms with Crippen LogP contribution in [-0.2, 0) is 33.7 Å². The molecule has 0 unspecified atom stereocenters. The molecule has 0 aliphatic heterocycles. The third-order valence-electron chi connectivity index (χ3n) is 11.1. The summed E-state index contributed by atoms with van der Waals surface area (Å²) in [5.74, 6) is 1.40. The van der Waals surface area contributed by atoms with Crippen molar-refractivity contribution in [3.8, 4) is 22.3 Å². The first-order valence-electron chi connectivity index (χ1n) is 20.5. The quantitative estimate of drug-likeness (QED) is 0.109.